The number of benzene rings is 1. The van der Waals surface area contributed by atoms with Gasteiger partial charge in [0.2, 0.25) is 5.88 Å². The molecule has 0 radical (unpaired) electrons. The Bertz CT molecular complexity index is 762. The second kappa shape index (κ2) is 4.99. The number of aromatic hydroxyl groups is 1. The molecule has 0 bridgehead atoms. The number of H-pyrrole nitrogens is 1. The first kappa shape index (κ1) is 13.5. The predicted octanol–water partition coefficient (Wildman–Crippen LogP) is 2.46. The first-order valence-corrected chi connectivity index (χ1v) is 6.05. The van der Waals surface area contributed by atoms with Crippen molar-refractivity contribution in [1.82, 2.24) is 9.55 Å². The molecule has 0 amide bonds. The largest absolute Gasteiger partial charge is 0.493 e. The summed E-state index contributed by atoms with van der Waals surface area (Å²) < 4.78 is 1.19. The highest BCUT2D eigenvalue weighted by Crippen LogP contribution is 2.21. The first-order chi connectivity index (χ1) is 8.91. The topological polar surface area (TPSA) is 75.1 Å². The fourth-order valence-corrected chi connectivity index (χ4v) is 2.08. The van der Waals surface area contributed by atoms with E-state index < -0.39 is 17.2 Å². The van der Waals surface area contributed by atoms with E-state index in [1.54, 1.807) is 24.3 Å². The fraction of sp³-hybridized carbons (Fsp3) is 0.0833. The van der Waals surface area contributed by atoms with Crippen molar-refractivity contribution in [3.8, 4) is 11.6 Å². The summed E-state index contributed by atoms with van der Waals surface area (Å²) in [6.07, 6.45) is 0. The van der Waals surface area contributed by atoms with Crippen LogP contribution in [-0.4, -0.2) is 20.4 Å². The molecule has 19 heavy (non-hydrogen) atoms. The lowest BCUT2D eigenvalue weighted by Gasteiger charge is -2.11. The Hall–Kier alpha value is -1.92. The van der Waals surface area contributed by atoms with Gasteiger partial charge in [-0.2, -0.15) is 0 Å². The van der Waals surface area contributed by atoms with Crippen molar-refractivity contribution >= 4 is 29.6 Å². The Morgan fingerprint density at radius 1 is 1.37 bits per heavy atom. The van der Waals surface area contributed by atoms with Crippen LogP contribution >= 0.6 is 23.8 Å². The Balaban J connectivity index is 2.81. The maximum Gasteiger partial charge on any atom is 0.266 e. The normalized spacial score (nSPS) is 10.4. The quantitative estimate of drug-likeness (QED) is 0.659. The molecule has 2 aromatic rings. The lowest BCUT2D eigenvalue weighted by atomic mass is 10.2. The van der Waals surface area contributed by atoms with Crippen molar-refractivity contribution in [2.24, 2.45) is 0 Å². The van der Waals surface area contributed by atoms with E-state index in [9.17, 15) is 14.7 Å². The van der Waals surface area contributed by atoms with Gasteiger partial charge in [0.25, 0.3) is 5.56 Å². The van der Waals surface area contributed by atoms with Crippen molar-refractivity contribution < 1.29 is 9.90 Å². The van der Waals surface area contributed by atoms with Crippen molar-refractivity contribution in [3.05, 3.63) is 50.0 Å². The maximum absolute atomic E-state index is 11.6. The highest BCUT2D eigenvalue weighted by atomic mass is 35.5. The van der Waals surface area contributed by atoms with Crippen molar-refractivity contribution in [1.29, 1.82) is 0 Å². The molecule has 5 nitrogen and oxygen atoms in total. The van der Waals surface area contributed by atoms with Gasteiger partial charge in [-0.25, -0.2) is 0 Å². The third-order valence-corrected chi connectivity index (χ3v) is 3.06. The number of Topliss-reactive ketones (excluding diaryl/α,β-unsaturated/α-hetero) is 1. The average Bonchev–Trinajstić information content (AvgIpc) is 2.30. The number of hydrogen-bond donors (Lipinski definition) is 2. The molecule has 0 spiro atoms. The standard InChI is InChI=1S/C12H9ClN2O3S/c1-6(16)9-10(17)14-12(19)15(11(9)18)8-4-2-7(13)3-5-8/h2-5,18H,1H3,(H,14,17,19). The van der Waals surface area contributed by atoms with Crippen LogP contribution in [0.2, 0.25) is 5.02 Å². The lowest BCUT2D eigenvalue weighted by Crippen LogP contribution is -2.20. The number of carbonyl (C=O) groups is 1. The summed E-state index contributed by atoms with van der Waals surface area (Å²) in [5, 5.41) is 10.6. The van der Waals surface area contributed by atoms with Crippen LogP contribution in [0.1, 0.15) is 17.3 Å². The Morgan fingerprint density at radius 3 is 2.47 bits per heavy atom. The first-order valence-electron chi connectivity index (χ1n) is 5.27. The predicted molar refractivity (Wildman–Crippen MR) is 73.9 cm³/mol. The molecule has 0 aliphatic heterocycles. The summed E-state index contributed by atoms with van der Waals surface area (Å²) in [6, 6.07) is 6.44. The molecule has 1 aromatic carbocycles. The van der Waals surface area contributed by atoms with E-state index >= 15 is 0 Å². The molecule has 0 saturated heterocycles. The van der Waals surface area contributed by atoms with E-state index in [0.29, 0.717) is 10.7 Å². The molecule has 1 heterocycles. The number of carbonyl (C=O) groups excluding carboxylic acids is 1. The highest BCUT2D eigenvalue weighted by molar-refractivity contribution is 7.71. The Morgan fingerprint density at radius 2 is 1.95 bits per heavy atom. The number of aromatic nitrogens is 2. The zero-order valence-electron chi connectivity index (χ0n) is 9.81. The summed E-state index contributed by atoms with van der Waals surface area (Å²) in [7, 11) is 0. The van der Waals surface area contributed by atoms with Crippen LogP contribution < -0.4 is 5.56 Å². The molecule has 7 heteroatoms. The summed E-state index contributed by atoms with van der Waals surface area (Å²) in [6.45, 7) is 1.19. The zero-order chi connectivity index (χ0) is 14.2. The van der Waals surface area contributed by atoms with Gasteiger partial charge in [0.15, 0.2) is 10.6 Å². The number of halogens is 1. The minimum absolute atomic E-state index is 0.00479. The third-order valence-electron chi connectivity index (χ3n) is 2.52. The molecule has 0 aliphatic rings. The van der Waals surface area contributed by atoms with Crippen LogP contribution in [0.25, 0.3) is 5.69 Å². The van der Waals surface area contributed by atoms with E-state index in [4.69, 9.17) is 23.8 Å². The molecule has 2 N–H and O–H groups in total. The molecule has 98 valence electrons. The Labute approximate surface area is 118 Å². The zero-order valence-corrected chi connectivity index (χ0v) is 11.4. The molecule has 0 aliphatic carbocycles. The lowest BCUT2D eigenvalue weighted by molar-refractivity contribution is 0.101. The van der Waals surface area contributed by atoms with Gasteiger partial charge in [-0.3, -0.25) is 19.1 Å². The summed E-state index contributed by atoms with van der Waals surface area (Å²) in [5.74, 6) is -1.03. The van der Waals surface area contributed by atoms with Gasteiger partial charge in [-0.1, -0.05) is 11.6 Å². The van der Waals surface area contributed by atoms with Crippen LogP contribution in [0, 0.1) is 4.77 Å². The van der Waals surface area contributed by atoms with Crippen molar-refractivity contribution in [2.45, 2.75) is 6.92 Å². The third kappa shape index (κ3) is 2.45. The monoisotopic (exact) mass is 296 g/mol. The number of aromatic amines is 1. The molecule has 0 unspecified atom stereocenters. The van der Waals surface area contributed by atoms with Gasteiger partial charge in [0.05, 0.1) is 5.69 Å². The second-order valence-electron chi connectivity index (χ2n) is 3.83. The molecule has 0 fully saturated rings. The van der Waals surface area contributed by atoms with E-state index in [2.05, 4.69) is 4.98 Å². The van der Waals surface area contributed by atoms with Crippen LogP contribution in [0.5, 0.6) is 5.88 Å². The van der Waals surface area contributed by atoms with Crippen LogP contribution in [0.3, 0.4) is 0 Å². The van der Waals surface area contributed by atoms with E-state index in [-0.39, 0.29) is 10.3 Å². The minimum atomic E-state index is -0.708. The molecule has 2 rings (SSSR count). The van der Waals surface area contributed by atoms with Gasteiger partial charge in [-0.05, 0) is 43.4 Å². The summed E-state index contributed by atoms with van der Waals surface area (Å²) in [5.41, 5.74) is -0.547. The Kier molecular flexibility index (Phi) is 3.55. The van der Waals surface area contributed by atoms with Gasteiger partial charge in [0.1, 0.15) is 5.56 Å². The summed E-state index contributed by atoms with van der Waals surface area (Å²) in [4.78, 5) is 25.3. The van der Waals surface area contributed by atoms with Gasteiger partial charge in [0, 0.05) is 5.02 Å². The second-order valence-corrected chi connectivity index (χ2v) is 4.65. The maximum atomic E-state index is 11.6. The van der Waals surface area contributed by atoms with Gasteiger partial charge < -0.3 is 5.11 Å². The average molecular weight is 297 g/mol. The number of hydrogen-bond acceptors (Lipinski definition) is 4. The van der Waals surface area contributed by atoms with Crippen molar-refractivity contribution in [3.63, 3.8) is 0 Å². The highest BCUT2D eigenvalue weighted by Gasteiger charge is 2.17. The number of nitrogens with zero attached hydrogens (tertiary/aromatic N) is 1. The van der Waals surface area contributed by atoms with E-state index in [1.165, 1.54) is 11.5 Å². The van der Waals surface area contributed by atoms with Gasteiger partial charge >= 0.3 is 0 Å². The molecule has 0 saturated carbocycles. The smallest absolute Gasteiger partial charge is 0.266 e. The van der Waals surface area contributed by atoms with Crippen molar-refractivity contribution in [2.75, 3.05) is 0 Å². The minimum Gasteiger partial charge on any atom is -0.493 e. The van der Waals surface area contributed by atoms with Crippen LogP contribution in [0.15, 0.2) is 29.1 Å². The molecular formula is C12H9ClN2O3S. The molecule has 0 atom stereocenters. The van der Waals surface area contributed by atoms with E-state index in [0.717, 1.165) is 0 Å². The van der Waals surface area contributed by atoms with E-state index in [1.807, 2.05) is 0 Å². The molecular weight excluding hydrogens is 288 g/mol. The summed E-state index contributed by atoms with van der Waals surface area (Å²) >= 11 is 10.8. The van der Waals surface area contributed by atoms with Crippen LogP contribution in [-0.2, 0) is 0 Å². The number of rotatable bonds is 2. The SMILES string of the molecule is CC(=O)c1c(O)n(-c2ccc(Cl)cc2)c(=S)[nH]c1=O. The number of ketones is 1. The fourth-order valence-electron chi connectivity index (χ4n) is 1.67. The number of nitrogens with one attached hydrogen (secondary N) is 1. The van der Waals surface area contributed by atoms with Gasteiger partial charge in [-0.15, -0.1) is 0 Å². The van der Waals surface area contributed by atoms with Crippen LogP contribution in [0.4, 0.5) is 0 Å². The molecule has 1 aromatic heterocycles.